The van der Waals surface area contributed by atoms with Crippen LogP contribution in [0.5, 0.6) is 0 Å². The van der Waals surface area contributed by atoms with Gasteiger partial charge in [0.05, 0.1) is 25.9 Å². The maximum Gasteiger partial charge on any atom is 0.328 e. The van der Waals surface area contributed by atoms with E-state index in [0.29, 0.717) is 6.61 Å². The number of carboxylic acid groups (broad SMARTS) is 1. The summed E-state index contributed by atoms with van der Waals surface area (Å²) in [5.74, 6) is -1.64. The average Bonchev–Trinajstić information content (AvgIpc) is 2.96. The summed E-state index contributed by atoms with van der Waals surface area (Å²) in [6, 6.07) is -1.11. The lowest BCUT2D eigenvalue weighted by atomic mass is 10.2. The lowest BCUT2D eigenvalue weighted by Gasteiger charge is -2.19. The molecule has 1 rings (SSSR count). The van der Waals surface area contributed by atoms with Gasteiger partial charge < -0.3 is 24.6 Å². The molecule has 0 aromatic carbocycles. The number of hydrogen-bond donors (Lipinski definition) is 2. The Kier molecular flexibility index (Phi) is 7.96. The molecule has 0 aromatic rings. The lowest BCUT2D eigenvalue weighted by Crippen LogP contribution is -2.48. The summed E-state index contributed by atoms with van der Waals surface area (Å²) in [6.45, 7) is 6.20. The summed E-state index contributed by atoms with van der Waals surface area (Å²) in [5.41, 5.74) is 0. The Hall–Kier alpha value is -1.44. The zero-order valence-corrected chi connectivity index (χ0v) is 12.2. The quantitative estimate of drug-likeness (QED) is 0.446. The number of carbonyl (C=O) groups is 2. The predicted octanol–water partition coefficient (Wildman–Crippen LogP) is 0.343. The van der Waals surface area contributed by atoms with Crippen molar-refractivity contribution < 1.29 is 28.9 Å². The smallest absolute Gasteiger partial charge is 0.328 e. The minimum Gasteiger partial charge on any atom is -0.480 e. The average molecular weight is 301 g/mol. The number of aliphatic carboxylic acids is 1. The molecule has 7 heteroatoms. The first-order chi connectivity index (χ1) is 10.0. The largest absolute Gasteiger partial charge is 0.480 e. The SMILES string of the molecule is C=CCOCC(NC(=O)C(C)OCC1CCCO1)C(=O)O. The second-order valence-corrected chi connectivity index (χ2v) is 4.84. The highest BCUT2D eigenvalue weighted by Crippen LogP contribution is 2.12. The van der Waals surface area contributed by atoms with Gasteiger partial charge in [0.15, 0.2) is 6.04 Å². The van der Waals surface area contributed by atoms with Gasteiger partial charge in [-0.1, -0.05) is 6.08 Å². The highest BCUT2D eigenvalue weighted by atomic mass is 16.5. The molecule has 0 spiro atoms. The van der Waals surface area contributed by atoms with E-state index in [0.717, 1.165) is 19.4 Å². The fourth-order valence-corrected chi connectivity index (χ4v) is 1.84. The Bertz CT molecular complexity index is 353. The van der Waals surface area contributed by atoms with E-state index >= 15 is 0 Å². The Balaban J connectivity index is 2.32. The third kappa shape index (κ3) is 6.70. The van der Waals surface area contributed by atoms with E-state index < -0.39 is 24.0 Å². The number of rotatable bonds is 10. The zero-order chi connectivity index (χ0) is 15.7. The van der Waals surface area contributed by atoms with Crippen LogP contribution < -0.4 is 5.32 Å². The van der Waals surface area contributed by atoms with Crippen LogP contribution in [0.1, 0.15) is 19.8 Å². The van der Waals surface area contributed by atoms with E-state index in [1.807, 2.05) is 0 Å². The van der Waals surface area contributed by atoms with Gasteiger partial charge in [-0.15, -0.1) is 6.58 Å². The topological polar surface area (TPSA) is 94.1 Å². The van der Waals surface area contributed by atoms with E-state index in [9.17, 15) is 9.59 Å². The molecule has 1 fully saturated rings. The van der Waals surface area contributed by atoms with Gasteiger partial charge in [-0.3, -0.25) is 4.79 Å². The molecule has 1 heterocycles. The number of carbonyl (C=O) groups excluding carboxylic acids is 1. The van der Waals surface area contributed by atoms with Crippen LogP contribution in [0.4, 0.5) is 0 Å². The molecule has 0 bridgehead atoms. The third-order valence-corrected chi connectivity index (χ3v) is 3.06. The van der Waals surface area contributed by atoms with Gasteiger partial charge in [0.25, 0.3) is 0 Å². The van der Waals surface area contributed by atoms with Crippen LogP contribution >= 0.6 is 0 Å². The number of carboxylic acids is 1. The highest BCUT2D eigenvalue weighted by Gasteiger charge is 2.25. The summed E-state index contributed by atoms with van der Waals surface area (Å²) in [4.78, 5) is 22.9. The number of ether oxygens (including phenoxy) is 3. The van der Waals surface area contributed by atoms with Crippen molar-refractivity contribution in [3.8, 4) is 0 Å². The molecule has 7 nitrogen and oxygen atoms in total. The van der Waals surface area contributed by atoms with E-state index in [2.05, 4.69) is 11.9 Å². The van der Waals surface area contributed by atoms with Gasteiger partial charge in [-0.05, 0) is 19.8 Å². The summed E-state index contributed by atoms with van der Waals surface area (Å²) in [5, 5.41) is 11.4. The van der Waals surface area contributed by atoms with Crippen LogP contribution in [-0.4, -0.2) is 61.7 Å². The summed E-state index contributed by atoms with van der Waals surface area (Å²) >= 11 is 0. The van der Waals surface area contributed by atoms with Gasteiger partial charge in [-0.25, -0.2) is 4.79 Å². The molecule has 0 aliphatic carbocycles. The van der Waals surface area contributed by atoms with Gasteiger partial charge in [0.1, 0.15) is 6.10 Å². The highest BCUT2D eigenvalue weighted by molar-refractivity contribution is 5.86. The Morgan fingerprint density at radius 3 is 2.90 bits per heavy atom. The fourth-order valence-electron chi connectivity index (χ4n) is 1.84. The van der Waals surface area contributed by atoms with Gasteiger partial charge >= 0.3 is 5.97 Å². The van der Waals surface area contributed by atoms with Crippen LogP contribution in [0.25, 0.3) is 0 Å². The normalized spacial score (nSPS) is 20.7. The summed E-state index contributed by atoms with van der Waals surface area (Å²) < 4.78 is 15.8. The van der Waals surface area contributed by atoms with E-state index in [1.165, 1.54) is 6.08 Å². The molecule has 120 valence electrons. The van der Waals surface area contributed by atoms with Crippen molar-refractivity contribution in [2.45, 2.75) is 38.0 Å². The minimum absolute atomic E-state index is 0.0199. The third-order valence-electron chi connectivity index (χ3n) is 3.06. The molecule has 1 amide bonds. The van der Waals surface area contributed by atoms with Crippen LogP contribution in [-0.2, 0) is 23.8 Å². The molecular formula is C14H23NO6. The molecule has 0 radical (unpaired) electrons. The van der Waals surface area contributed by atoms with Crippen molar-refractivity contribution in [2.75, 3.05) is 26.4 Å². The predicted molar refractivity (Wildman–Crippen MR) is 75.0 cm³/mol. The van der Waals surface area contributed by atoms with E-state index in [1.54, 1.807) is 6.92 Å². The maximum absolute atomic E-state index is 11.9. The Morgan fingerprint density at radius 1 is 1.57 bits per heavy atom. The molecule has 3 atom stereocenters. The minimum atomic E-state index is -1.15. The molecule has 21 heavy (non-hydrogen) atoms. The maximum atomic E-state index is 11.9. The summed E-state index contributed by atoms with van der Waals surface area (Å²) in [6.07, 6.45) is 2.70. The van der Waals surface area contributed by atoms with Crippen LogP contribution in [0.3, 0.4) is 0 Å². The first-order valence-electron chi connectivity index (χ1n) is 6.99. The molecule has 1 saturated heterocycles. The number of hydrogen-bond acceptors (Lipinski definition) is 5. The number of nitrogens with one attached hydrogen (secondary N) is 1. The standard InChI is InChI=1S/C14H23NO6/c1-3-6-19-9-12(14(17)18)15-13(16)10(2)21-8-11-5-4-7-20-11/h3,10-12H,1,4-9H2,2H3,(H,15,16)(H,17,18). The van der Waals surface area contributed by atoms with Gasteiger partial charge in [0.2, 0.25) is 5.91 Å². The molecule has 1 aliphatic rings. The van der Waals surface area contributed by atoms with Crippen molar-refractivity contribution in [1.29, 1.82) is 0 Å². The number of amides is 1. The van der Waals surface area contributed by atoms with Crippen LogP contribution in [0.15, 0.2) is 12.7 Å². The molecule has 0 aromatic heterocycles. The Morgan fingerprint density at radius 2 is 2.33 bits per heavy atom. The zero-order valence-electron chi connectivity index (χ0n) is 12.2. The first kappa shape index (κ1) is 17.6. The second-order valence-electron chi connectivity index (χ2n) is 4.84. The monoisotopic (exact) mass is 301 g/mol. The molecule has 0 saturated carbocycles. The van der Waals surface area contributed by atoms with Crippen molar-refractivity contribution in [3.05, 3.63) is 12.7 Å². The summed E-state index contributed by atoms with van der Waals surface area (Å²) in [7, 11) is 0. The molecule has 3 unspecified atom stereocenters. The van der Waals surface area contributed by atoms with Crippen LogP contribution in [0, 0.1) is 0 Å². The van der Waals surface area contributed by atoms with Crippen molar-refractivity contribution in [2.24, 2.45) is 0 Å². The second kappa shape index (κ2) is 9.49. The van der Waals surface area contributed by atoms with Crippen molar-refractivity contribution in [1.82, 2.24) is 5.32 Å². The Labute approximate surface area is 124 Å². The van der Waals surface area contributed by atoms with Gasteiger partial charge in [-0.2, -0.15) is 0 Å². The molecular weight excluding hydrogens is 278 g/mol. The first-order valence-corrected chi connectivity index (χ1v) is 6.99. The van der Waals surface area contributed by atoms with Crippen LogP contribution in [0.2, 0.25) is 0 Å². The van der Waals surface area contributed by atoms with E-state index in [4.69, 9.17) is 19.3 Å². The molecule has 1 aliphatic heterocycles. The van der Waals surface area contributed by atoms with Crippen molar-refractivity contribution in [3.63, 3.8) is 0 Å². The van der Waals surface area contributed by atoms with E-state index in [-0.39, 0.29) is 19.3 Å². The van der Waals surface area contributed by atoms with Crippen molar-refractivity contribution >= 4 is 11.9 Å². The molecule has 2 N–H and O–H groups in total. The van der Waals surface area contributed by atoms with Gasteiger partial charge in [0, 0.05) is 6.61 Å². The lowest BCUT2D eigenvalue weighted by molar-refractivity contribution is -0.146. The fraction of sp³-hybridized carbons (Fsp3) is 0.714.